The molecule has 0 aromatic heterocycles. The highest BCUT2D eigenvalue weighted by molar-refractivity contribution is 5.71. The molecule has 80 heavy (non-hydrogen) atoms. The smallest absolute Gasteiger partial charge is 0.306 e. The maximum atomic E-state index is 12.9. The SMILES string of the molecule is CC/C=C\C/C=C\C/C=C\C/C=C\C/C=C\C/C=C\C/C=C\C/C=C\CCCCCCCCCCCCC(=O)OCC(COC(=O)CCCCCCC/C=C\CCCCCC)OC(=O)CCCCCCC/C=C\CCCCCCC. The number of carbonyl (C=O) groups excluding carboxylic acids is 3. The molecule has 6 nitrogen and oxygen atoms in total. The molecule has 1 atom stereocenters. The third kappa shape index (κ3) is 64.6. The van der Waals surface area contributed by atoms with Crippen LogP contribution in [0.5, 0.6) is 0 Å². The minimum absolute atomic E-state index is 0.0861. The number of hydrogen-bond donors (Lipinski definition) is 0. The topological polar surface area (TPSA) is 78.9 Å². The number of ether oxygens (including phenoxy) is 3. The molecule has 0 amide bonds. The van der Waals surface area contributed by atoms with Crippen LogP contribution in [0.2, 0.25) is 0 Å². The second kappa shape index (κ2) is 67.3. The Labute approximate surface area is 494 Å². The van der Waals surface area contributed by atoms with E-state index >= 15 is 0 Å². The van der Waals surface area contributed by atoms with Gasteiger partial charge in [-0.2, -0.15) is 0 Å². The van der Waals surface area contributed by atoms with E-state index in [1.165, 1.54) is 141 Å². The average Bonchev–Trinajstić information content (AvgIpc) is 3.46. The van der Waals surface area contributed by atoms with Crippen LogP contribution in [0.25, 0.3) is 0 Å². The zero-order valence-corrected chi connectivity index (χ0v) is 52.3. The Morgan fingerprint density at radius 1 is 0.263 bits per heavy atom. The summed E-state index contributed by atoms with van der Waals surface area (Å²) in [6.45, 7) is 6.50. The molecule has 0 N–H and O–H groups in total. The van der Waals surface area contributed by atoms with Crippen LogP contribution < -0.4 is 0 Å². The molecule has 0 aliphatic carbocycles. The van der Waals surface area contributed by atoms with Crippen molar-refractivity contribution >= 4 is 17.9 Å². The Bertz CT molecular complexity index is 1650. The summed E-state index contributed by atoms with van der Waals surface area (Å²) in [4.78, 5) is 38.3. The third-order valence-electron chi connectivity index (χ3n) is 14.2. The van der Waals surface area contributed by atoms with Crippen molar-refractivity contribution in [1.29, 1.82) is 0 Å². The highest BCUT2D eigenvalue weighted by atomic mass is 16.6. The predicted octanol–water partition coefficient (Wildman–Crippen LogP) is 23.2. The first-order chi connectivity index (χ1) is 39.5. The van der Waals surface area contributed by atoms with Crippen LogP contribution in [0.15, 0.2) is 122 Å². The number of unbranched alkanes of at least 4 members (excludes halogenated alkanes) is 29. The summed E-state index contributed by atoms with van der Waals surface area (Å²) in [6, 6.07) is 0. The van der Waals surface area contributed by atoms with Gasteiger partial charge in [-0.05, 0) is 135 Å². The van der Waals surface area contributed by atoms with Crippen molar-refractivity contribution in [1.82, 2.24) is 0 Å². The number of esters is 3. The zero-order chi connectivity index (χ0) is 57.8. The van der Waals surface area contributed by atoms with Crippen LogP contribution in [0.4, 0.5) is 0 Å². The number of rotatable bonds is 60. The maximum Gasteiger partial charge on any atom is 0.306 e. The van der Waals surface area contributed by atoms with Gasteiger partial charge < -0.3 is 14.2 Å². The monoisotopic (exact) mass is 1110 g/mol. The molecule has 1 unspecified atom stereocenters. The van der Waals surface area contributed by atoms with Gasteiger partial charge in [0.05, 0.1) is 0 Å². The summed E-state index contributed by atoms with van der Waals surface area (Å²) in [6.07, 6.45) is 93.6. The molecule has 0 rings (SSSR count). The third-order valence-corrected chi connectivity index (χ3v) is 14.2. The summed E-state index contributed by atoms with van der Waals surface area (Å²) < 4.78 is 16.9. The molecule has 0 aromatic carbocycles. The minimum Gasteiger partial charge on any atom is -0.462 e. The lowest BCUT2D eigenvalue weighted by molar-refractivity contribution is -0.167. The first-order valence-electron chi connectivity index (χ1n) is 33.5. The molecule has 0 saturated heterocycles. The summed E-state index contributed by atoms with van der Waals surface area (Å²) in [5.74, 6) is -0.901. The van der Waals surface area contributed by atoms with E-state index in [0.29, 0.717) is 19.3 Å². The van der Waals surface area contributed by atoms with Crippen molar-refractivity contribution in [2.45, 2.75) is 316 Å². The molecule has 6 heteroatoms. The van der Waals surface area contributed by atoms with Gasteiger partial charge in [0, 0.05) is 19.3 Å². The number of allylic oxidation sites excluding steroid dienone is 20. The van der Waals surface area contributed by atoms with Crippen molar-refractivity contribution in [2.24, 2.45) is 0 Å². The molecular formula is C74H124O6. The van der Waals surface area contributed by atoms with Gasteiger partial charge in [-0.25, -0.2) is 0 Å². The molecule has 0 aliphatic heterocycles. The molecule has 0 aromatic rings. The van der Waals surface area contributed by atoms with Crippen molar-refractivity contribution in [3.05, 3.63) is 122 Å². The standard InChI is InChI=1S/C74H124O6/c1-4-7-10-13-16-19-22-25-27-28-29-30-31-32-33-34-35-36-37-38-39-40-41-42-43-44-45-46-47-50-52-55-58-61-64-67-73(76)79-70-71(69-78-72(75)66-63-60-57-54-51-48-24-21-18-15-12-9-6-3)80-74(77)68-65-62-59-56-53-49-26-23-20-17-14-11-8-5-2/h7,10,16,19,21,23-27,29-30,32-33,35-36,38-39,41-42,71H,4-6,8-9,11-15,17-18,20,22,28,31,34,37,40,43-70H2,1-3H3/b10-7-,19-16-,24-21-,26-23-,27-25-,30-29-,33-32-,36-35-,39-38-,42-41-. The summed E-state index contributed by atoms with van der Waals surface area (Å²) in [7, 11) is 0. The van der Waals surface area contributed by atoms with E-state index in [-0.39, 0.29) is 31.1 Å². The van der Waals surface area contributed by atoms with E-state index in [4.69, 9.17) is 14.2 Å². The van der Waals surface area contributed by atoms with Crippen LogP contribution in [0.3, 0.4) is 0 Å². The highest BCUT2D eigenvalue weighted by Gasteiger charge is 2.19. The average molecular weight is 1110 g/mol. The van der Waals surface area contributed by atoms with E-state index in [9.17, 15) is 14.4 Å². The maximum absolute atomic E-state index is 12.9. The number of hydrogen-bond acceptors (Lipinski definition) is 6. The second-order valence-corrected chi connectivity index (χ2v) is 22.0. The van der Waals surface area contributed by atoms with Gasteiger partial charge in [0.15, 0.2) is 6.10 Å². The lowest BCUT2D eigenvalue weighted by atomic mass is 10.1. The first kappa shape index (κ1) is 75.8. The molecule has 0 heterocycles. The quantitative estimate of drug-likeness (QED) is 0.0261. The fourth-order valence-corrected chi connectivity index (χ4v) is 9.15. The van der Waals surface area contributed by atoms with Gasteiger partial charge in [-0.15, -0.1) is 0 Å². The molecule has 0 aliphatic rings. The molecule has 0 radical (unpaired) electrons. The van der Waals surface area contributed by atoms with Gasteiger partial charge in [-0.1, -0.05) is 277 Å². The Balaban J connectivity index is 4.21. The summed E-state index contributed by atoms with van der Waals surface area (Å²) >= 11 is 0. The Kier molecular flexibility index (Phi) is 63.8. The van der Waals surface area contributed by atoms with Crippen LogP contribution in [0.1, 0.15) is 310 Å². The van der Waals surface area contributed by atoms with Gasteiger partial charge in [0.2, 0.25) is 0 Å². The van der Waals surface area contributed by atoms with E-state index in [1.807, 2.05) is 0 Å². The van der Waals surface area contributed by atoms with Crippen molar-refractivity contribution in [3.8, 4) is 0 Å². The second-order valence-electron chi connectivity index (χ2n) is 22.0. The first-order valence-corrected chi connectivity index (χ1v) is 33.5. The van der Waals surface area contributed by atoms with Crippen molar-refractivity contribution < 1.29 is 28.6 Å². The van der Waals surface area contributed by atoms with E-state index in [0.717, 1.165) is 128 Å². The molecule has 0 saturated carbocycles. The van der Waals surface area contributed by atoms with Crippen LogP contribution in [-0.4, -0.2) is 37.2 Å². The van der Waals surface area contributed by atoms with Crippen LogP contribution in [0, 0.1) is 0 Å². The summed E-state index contributed by atoms with van der Waals surface area (Å²) in [5, 5.41) is 0. The Hall–Kier alpha value is -4.19. The van der Waals surface area contributed by atoms with E-state index in [1.54, 1.807) is 0 Å². The van der Waals surface area contributed by atoms with E-state index in [2.05, 4.69) is 142 Å². The van der Waals surface area contributed by atoms with Crippen LogP contribution in [-0.2, 0) is 28.6 Å². The molecule has 0 fully saturated rings. The van der Waals surface area contributed by atoms with Crippen LogP contribution >= 0.6 is 0 Å². The minimum atomic E-state index is -0.789. The highest BCUT2D eigenvalue weighted by Crippen LogP contribution is 2.15. The zero-order valence-electron chi connectivity index (χ0n) is 52.3. The largest absolute Gasteiger partial charge is 0.462 e. The molecule has 0 bridgehead atoms. The fraction of sp³-hybridized carbons (Fsp3) is 0.689. The lowest BCUT2D eigenvalue weighted by Gasteiger charge is -2.18. The predicted molar refractivity (Wildman–Crippen MR) is 348 cm³/mol. The van der Waals surface area contributed by atoms with Gasteiger partial charge in [0.25, 0.3) is 0 Å². The fourth-order valence-electron chi connectivity index (χ4n) is 9.15. The van der Waals surface area contributed by atoms with Gasteiger partial charge in [0.1, 0.15) is 13.2 Å². The molecular weight excluding hydrogens is 985 g/mol. The number of carbonyl (C=O) groups is 3. The van der Waals surface area contributed by atoms with Crippen molar-refractivity contribution in [2.75, 3.05) is 13.2 Å². The molecule has 0 spiro atoms. The Morgan fingerprint density at radius 2 is 0.487 bits per heavy atom. The summed E-state index contributed by atoms with van der Waals surface area (Å²) in [5.41, 5.74) is 0. The molecule has 456 valence electrons. The van der Waals surface area contributed by atoms with Crippen molar-refractivity contribution in [3.63, 3.8) is 0 Å². The van der Waals surface area contributed by atoms with E-state index < -0.39 is 6.10 Å². The van der Waals surface area contributed by atoms with Gasteiger partial charge >= 0.3 is 17.9 Å². The lowest BCUT2D eigenvalue weighted by Crippen LogP contribution is -2.30. The Morgan fingerprint density at radius 3 is 0.787 bits per heavy atom. The van der Waals surface area contributed by atoms with Gasteiger partial charge in [-0.3, -0.25) is 14.4 Å². The normalized spacial score (nSPS) is 12.9.